The van der Waals surface area contributed by atoms with E-state index in [-0.39, 0.29) is 25.5 Å². The van der Waals surface area contributed by atoms with Crippen molar-refractivity contribution in [2.24, 2.45) is 0 Å². The summed E-state index contributed by atoms with van der Waals surface area (Å²) in [6.45, 7) is 2.80. The summed E-state index contributed by atoms with van der Waals surface area (Å²) in [4.78, 5) is 14.6. The van der Waals surface area contributed by atoms with E-state index in [0.717, 1.165) is 12.1 Å². The van der Waals surface area contributed by atoms with Crippen molar-refractivity contribution in [2.75, 3.05) is 26.2 Å². The van der Waals surface area contributed by atoms with E-state index < -0.39 is 23.7 Å². The van der Waals surface area contributed by atoms with Crippen molar-refractivity contribution in [3.63, 3.8) is 0 Å². The Kier molecular flexibility index (Phi) is 5.26. The number of benzene rings is 1. The van der Waals surface area contributed by atoms with E-state index in [1.165, 1.54) is 17.9 Å². The number of rotatable bonds is 2. The van der Waals surface area contributed by atoms with Crippen LogP contribution in [-0.2, 0) is 17.5 Å². The molecule has 1 N–H and O–H groups in total. The first kappa shape index (κ1) is 17.7. The van der Waals surface area contributed by atoms with Crippen molar-refractivity contribution in [2.45, 2.75) is 25.7 Å². The molecular formula is C15H18F4N2O2. The lowest BCUT2D eigenvalue weighted by molar-refractivity contribution is -0.140. The van der Waals surface area contributed by atoms with Gasteiger partial charge in [-0.15, -0.1) is 0 Å². The minimum atomic E-state index is -4.75. The van der Waals surface area contributed by atoms with E-state index in [1.54, 1.807) is 4.90 Å². The van der Waals surface area contributed by atoms with Crippen LogP contribution in [0.2, 0.25) is 0 Å². The molecule has 0 radical (unpaired) electrons. The summed E-state index contributed by atoms with van der Waals surface area (Å²) in [5, 5.41) is 9.91. The number of hydrogen-bond donors (Lipinski definition) is 1. The van der Waals surface area contributed by atoms with Gasteiger partial charge >= 0.3 is 6.18 Å². The van der Waals surface area contributed by atoms with Gasteiger partial charge < -0.3 is 10.0 Å². The maximum atomic E-state index is 13.3. The van der Waals surface area contributed by atoms with E-state index in [2.05, 4.69) is 0 Å². The molecule has 1 fully saturated rings. The molecule has 1 aliphatic rings. The first-order valence-corrected chi connectivity index (χ1v) is 7.18. The molecule has 1 atom stereocenters. The summed E-state index contributed by atoms with van der Waals surface area (Å²) in [6.07, 6.45) is -5.52. The lowest BCUT2D eigenvalue weighted by atomic mass is 10.1. The van der Waals surface area contributed by atoms with Crippen LogP contribution in [-0.4, -0.2) is 53.1 Å². The molecule has 1 aromatic carbocycles. The van der Waals surface area contributed by atoms with Crippen LogP contribution in [0.5, 0.6) is 0 Å². The number of amides is 1. The maximum absolute atomic E-state index is 13.3. The third-order valence-corrected chi connectivity index (χ3v) is 3.77. The summed E-state index contributed by atoms with van der Waals surface area (Å²) in [5.74, 6) is -1.47. The Morgan fingerprint density at radius 3 is 2.61 bits per heavy atom. The third kappa shape index (κ3) is 4.65. The van der Waals surface area contributed by atoms with Crippen LogP contribution in [0, 0.1) is 5.82 Å². The highest BCUT2D eigenvalue weighted by molar-refractivity contribution is 5.73. The molecule has 8 heteroatoms. The van der Waals surface area contributed by atoms with Gasteiger partial charge in [-0.25, -0.2) is 4.39 Å². The molecule has 1 amide bonds. The summed E-state index contributed by atoms with van der Waals surface area (Å²) in [5.41, 5.74) is -0.988. The summed E-state index contributed by atoms with van der Waals surface area (Å²) >= 11 is 0. The number of carbonyl (C=O) groups is 1. The Hall–Kier alpha value is -1.67. The van der Waals surface area contributed by atoms with E-state index in [9.17, 15) is 27.5 Å². The van der Waals surface area contributed by atoms with E-state index in [0.29, 0.717) is 18.7 Å². The summed E-state index contributed by atoms with van der Waals surface area (Å²) in [7, 11) is 0. The molecule has 0 unspecified atom stereocenters. The highest BCUT2D eigenvalue weighted by atomic mass is 19.4. The number of halogens is 4. The lowest BCUT2D eigenvalue weighted by Gasteiger charge is -2.21. The van der Waals surface area contributed by atoms with Crippen LogP contribution in [0.3, 0.4) is 0 Å². The summed E-state index contributed by atoms with van der Waals surface area (Å²) < 4.78 is 51.5. The van der Waals surface area contributed by atoms with Crippen molar-refractivity contribution >= 4 is 5.91 Å². The van der Waals surface area contributed by atoms with E-state index >= 15 is 0 Å². The van der Waals surface area contributed by atoms with Crippen molar-refractivity contribution in [1.29, 1.82) is 0 Å². The molecular weight excluding hydrogens is 316 g/mol. The number of alkyl halides is 3. The molecule has 1 saturated heterocycles. The third-order valence-electron chi connectivity index (χ3n) is 3.77. The number of nitrogens with zero attached hydrogens (tertiary/aromatic N) is 2. The molecule has 1 heterocycles. The van der Waals surface area contributed by atoms with Gasteiger partial charge in [-0.05, 0) is 17.7 Å². The van der Waals surface area contributed by atoms with Gasteiger partial charge in [0.1, 0.15) is 5.82 Å². The lowest BCUT2D eigenvalue weighted by Crippen LogP contribution is -2.36. The molecule has 2 rings (SSSR count). The van der Waals surface area contributed by atoms with Gasteiger partial charge in [0.05, 0.1) is 11.7 Å². The van der Waals surface area contributed by atoms with Crippen LogP contribution in [0.1, 0.15) is 18.1 Å². The smallest absolute Gasteiger partial charge is 0.390 e. The van der Waals surface area contributed by atoms with Gasteiger partial charge in [-0.2, -0.15) is 13.2 Å². The topological polar surface area (TPSA) is 43.8 Å². The van der Waals surface area contributed by atoms with Gasteiger partial charge in [0, 0.05) is 39.6 Å². The molecule has 1 aromatic rings. The molecule has 0 spiro atoms. The molecule has 4 nitrogen and oxygen atoms in total. The maximum Gasteiger partial charge on any atom is 0.419 e. The molecule has 0 aliphatic carbocycles. The Morgan fingerprint density at radius 2 is 2.00 bits per heavy atom. The zero-order valence-electron chi connectivity index (χ0n) is 12.6. The van der Waals surface area contributed by atoms with Gasteiger partial charge in [0.15, 0.2) is 0 Å². The van der Waals surface area contributed by atoms with E-state index in [4.69, 9.17) is 0 Å². The first-order valence-electron chi connectivity index (χ1n) is 7.18. The van der Waals surface area contributed by atoms with Gasteiger partial charge in [-0.3, -0.25) is 9.69 Å². The molecule has 0 bridgehead atoms. The van der Waals surface area contributed by atoms with Crippen molar-refractivity contribution in [3.8, 4) is 0 Å². The average molecular weight is 334 g/mol. The predicted molar refractivity (Wildman–Crippen MR) is 74.9 cm³/mol. The molecule has 1 aliphatic heterocycles. The van der Waals surface area contributed by atoms with Gasteiger partial charge in [0.2, 0.25) is 5.91 Å². The van der Waals surface area contributed by atoms with Gasteiger partial charge in [-0.1, -0.05) is 6.07 Å². The molecule has 0 saturated carbocycles. The highest BCUT2D eigenvalue weighted by Crippen LogP contribution is 2.32. The minimum Gasteiger partial charge on any atom is -0.390 e. The van der Waals surface area contributed by atoms with Crippen LogP contribution in [0.15, 0.2) is 18.2 Å². The quantitative estimate of drug-likeness (QED) is 0.840. The van der Waals surface area contributed by atoms with Crippen LogP contribution in [0.25, 0.3) is 0 Å². The fourth-order valence-electron chi connectivity index (χ4n) is 2.63. The predicted octanol–water partition coefficient (Wildman–Crippen LogP) is 1.87. The minimum absolute atomic E-state index is 0.145. The SMILES string of the molecule is CC(=O)N1CCN(Cc2ccc(F)c(C(F)(F)F)c2)C[C@H](O)C1. The molecule has 128 valence electrons. The zero-order valence-corrected chi connectivity index (χ0v) is 12.6. The normalized spacial score (nSPS) is 20.4. The number of aliphatic hydroxyl groups excluding tert-OH is 1. The molecule has 0 aromatic heterocycles. The van der Waals surface area contributed by atoms with Crippen LogP contribution in [0.4, 0.5) is 17.6 Å². The Bertz CT molecular complexity index is 577. The van der Waals surface area contributed by atoms with Crippen LogP contribution >= 0.6 is 0 Å². The molecule has 23 heavy (non-hydrogen) atoms. The largest absolute Gasteiger partial charge is 0.419 e. The second-order valence-corrected chi connectivity index (χ2v) is 5.67. The number of β-amino-alcohol motifs (C(OH)–C–C–N with tert-alkyl or cyclic N) is 1. The van der Waals surface area contributed by atoms with Crippen molar-refractivity contribution in [1.82, 2.24) is 9.80 Å². The van der Waals surface area contributed by atoms with Crippen molar-refractivity contribution in [3.05, 3.63) is 35.1 Å². The number of hydrogen-bond acceptors (Lipinski definition) is 3. The standard InChI is InChI=1S/C15H18F4N2O2/c1-10(22)21-5-4-20(8-12(23)9-21)7-11-2-3-14(16)13(6-11)15(17,18)19/h2-3,6,12,23H,4-5,7-9H2,1H3/t12-/m0/s1. The highest BCUT2D eigenvalue weighted by Gasteiger charge is 2.34. The van der Waals surface area contributed by atoms with Crippen LogP contribution < -0.4 is 0 Å². The number of aliphatic hydroxyl groups is 1. The van der Waals surface area contributed by atoms with Gasteiger partial charge in [0.25, 0.3) is 0 Å². The van der Waals surface area contributed by atoms with E-state index in [1.807, 2.05) is 0 Å². The second-order valence-electron chi connectivity index (χ2n) is 5.67. The second kappa shape index (κ2) is 6.84. The zero-order chi connectivity index (χ0) is 17.2. The fourth-order valence-corrected chi connectivity index (χ4v) is 2.63. The Labute approximate surface area is 131 Å². The Balaban J connectivity index is 2.11. The fraction of sp³-hybridized carbons (Fsp3) is 0.533. The Morgan fingerprint density at radius 1 is 1.30 bits per heavy atom. The number of carbonyl (C=O) groups excluding carboxylic acids is 1. The van der Waals surface area contributed by atoms with Crippen molar-refractivity contribution < 1.29 is 27.5 Å². The first-order chi connectivity index (χ1) is 10.7. The summed E-state index contributed by atoms with van der Waals surface area (Å²) in [6, 6.07) is 2.88. The monoisotopic (exact) mass is 334 g/mol. The average Bonchev–Trinajstić information content (AvgIpc) is 2.61.